The number of aliphatic carboxylic acids is 1. The maximum atomic E-state index is 11.5. The van der Waals surface area contributed by atoms with Crippen LogP contribution in [-0.4, -0.2) is 29.1 Å². The summed E-state index contributed by atoms with van der Waals surface area (Å²) in [7, 11) is 1.86. The summed E-state index contributed by atoms with van der Waals surface area (Å²) in [5.41, 5.74) is 2.16. The van der Waals surface area contributed by atoms with Crippen LogP contribution in [0, 0.1) is 0 Å². The molecule has 2 aromatic carbocycles. The van der Waals surface area contributed by atoms with Gasteiger partial charge in [-0.3, -0.25) is 9.69 Å². The van der Waals surface area contributed by atoms with Crippen molar-refractivity contribution in [2.24, 2.45) is 0 Å². The second-order valence-electron chi connectivity index (χ2n) is 4.94. The molecule has 0 aliphatic heterocycles. The molecule has 0 heterocycles. The lowest BCUT2D eigenvalue weighted by Crippen LogP contribution is -2.39. The molecule has 0 saturated heterocycles. The van der Waals surface area contributed by atoms with E-state index in [9.17, 15) is 9.90 Å². The summed E-state index contributed by atoms with van der Waals surface area (Å²) in [6, 6.07) is 19.1. The number of carboxylic acid groups (broad SMARTS) is 1. The monoisotopic (exact) mass is 269 g/mol. The number of benzene rings is 2. The predicted molar refractivity (Wildman–Crippen MR) is 79.5 cm³/mol. The molecule has 1 N–H and O–H groups in total. The average Bonchev–Trinajstić information content (AvgIpc) is 2.46. The summed E-state index contributed by atoms with van der Waals surface area (Å²) in [4.78, 5) is 13.4. The summed E-state index contributed by atoms with van der Waals surface area (Å²) in [6.45, 7) is 0.630. The highest BCUT2D eigenvalue weighted by atomic mass is 16.4. The van der Waals surface area contributed by atoms with Crippen LogP contribution < -0.4 is 0 Å². The summed E-state index contributed by atoms with van der Waals surface area (Å²) < 4.78 is 0. The number of carbonyl (C=O) groups is 1. The molecule has 0 saturated carbocycles. The van der Waals surface area contributed by atoms with Gasteiger partial charge in [-0.1, -0.05) is 60.7 Å². The van der Waals surface area contributed by atoms with Crippen LogP contribution in [0.25, 0.3) is 0 Å². The van der Waals surface area contributed by atoms with E-state index in [0.29, 0.717) is 13.0 Å². The fourth-order valence-corrected chi connectivity index (χ4v) is 2.25. The Morgan fingerprint density at radius 1 is 1.00 bits per heavy atom. The highest BCUT2D eigenvalue weighted by Gasteiger charge is 2.22. The van der Waals surface area contributed by atoms with Crippen LogP contribution in [0.3, 0.4) is 0 Å². The van der Waals surface area contributed by atoms with Crippen molar-refractivity contribution in [3.63, 3.8) is 0 Å². The number of hydrogen-bond donors (Lipinski definition) is 1. The molecule has 3 nitrogen and oxygen atoms in total. The van der Waals surface area contributed by atoms with Crippen molar-refractivity contribution >= 4 is 5.97 Å². The third-order valence-electron chi connectivity index (χ3n) is 3.36. The molecule has 0 bridgehead atoms. The number of likely N-dealkylation sites (N-methyl/N-ethyl adjacent to an activating group) is 1. The van der Waals surface area contributed by atoms with Crippen molar-refractivity contribution in [3.05, 3.63) is 71.8 Å². The summed E-state index contributed by atoms with van der Waals surface area (Å²) in [6.07, 6.45) is 0.513. The Hall–Kier alpha value is -2.13. The lowest BCUT2D eigenvalue weighted by atomic mass is 10.0. The minimum atomic E-state index is -0.785. The third-order valence-corrected chi connectivity index (χ3v) is 3.36. The maximum Gasteiger partial charge on any atom is 0.321 e. The number of hydrogen-bond acceptors (Lipinski definition) is 2. The summed E-state index contributed by atoms with van der Waals surface area (Å²) in [5.74, 6) is -0.785. The van der Waals surface area contributed by atoms with E-state index in [1.165, 1.54) is 0 Å². The number of carboxylic acids is 1. The molecule has 0 spiro atoms. The molecule has 1 atom stereocenters. The fourth-order valence-electron chi connectivity index (χ4n) is 2.25. The van der Waals surface area contributed by atoms with Crippen LogP contribution >= 0.6 is 0 Å². The van der Waals surface area contributed by atoms with E-state index in [1.807, 2.05) is 72.6 Å². The van der Waals surface area contributed by atoms with Gasteiger partial charge >= 0.3 is 5.97 Å². The zero-order chi connectivity index (χ0) is 14.4. The highest BCUT2D eigenvalue weighted by Crippen LogP contribution is 2.11. The predicted octanol–water partition coefficient (Wildman–Crippen LogP) is 2.81. The molecule has 2 aromatic rings. The Morgan fingerprint density at radius 3 is 2.00 bits per heavy atom. The third kappa shape index (κ3) is 3.93. The van der Waals surface area contributed by atoms with Crippen LogP contribution in [0.15, 0.2) is 60.7 Å². The average molecular weight is 269 g/mol. The number of nitrogens with zero attached hydrogens (tertiary/aromatic N) is 1. The molecule has 3 heteroatoms. The first-order valence-electron chi connectivity index (χ1n) is 6.67. The Labute approximate surface area is 119 Å². The van der Waals surface area contributed by atoms with Crippen molar-refractivity contribution in [2.75, 3.05) is 7.05 Å². The Bertz CT molecular complexity index is 539. The highest BCUT2D eigenvalue weighted by molar-refractivity contribution is 5.73. The van der Waals surface area contributed by atoms with Crippen molar-refractivity contribution in [1.82, 2.24) is 4.90 Å². The molecule has 0 aliphatic rings. The molecule has 0 aromatic heterocycles. The zero-order valence-electron chi connectivity index (χ0n) is 11.6. The van der Waals surface area contributed by atoms with Gasteiger partial charge in [-0.2, -0.15) is 0 Å². The smallest absolute Gasteiger partial charge is 0.321 e. The second-order valence-corrected chi connectivity index (χ2v) is 4.94. The van der Waals surface area contributed by atoms with Gasteiger partial charge in [0, 0.05) is 6.54 Å². The first-order valence-corrected chi connectivity index (χ1v) is 6.67. The molecular weight excluding hydrogens is 250 g/mol. The molecular formula is C17H19NO2. The van der Waals surface area contributed by atoms with E-state index >= 15 is 0 Å². The molecule has 0 unspecified atom stereocenters. The Balaban J connectivity index is 2.06. The summed E-state index contributed by atoms with van der Waals surface area (Å²) >= 11 is 0. The van der Waals surface area contributed by atoms with Crippen LogP contribution in [0.4, 0.5) is 0 Å². The van der Waals surface area contributed by atoms with Crippen LogP contribution in [0.2, 0.25) is 0 Å². The minimum Gasteiger partial charge on any atom is -0.480 e. The van der Waals surface area contributed by atoms with Crippen molar-refractivity contribution in [3.8, 4) is 0 Å². The lowest BCUT2D eigenvalue weighted by molar-refractivity contribution is -0.142. The van der Waals surface area contributed by atoms with Gasteiger partial charge in [0.1, 0.15) is 6.04 Å². The van der Waals surface area contributed by atoms with E-state index in [4.69, 9.17) is 0 Å². The van der Waals surface area contributed by atoms with E-state index in [2.05, 4.69) is 0 Å². The van der Waals surface area contributed by atoms with Crippen molar-refractivity contribution in [1.29, 1.82) is 0 Å². The zero-order valence-corrected chi connectivity index (χ0v) is 11.6. The van der Waals surface area contributed by atoms with E-state index < -0.39 is 12.0 Å². The van der Waals surface area contributed by atoms with Gasteiger partial charge in [-0.25, -0.2) is 0 Å². The normalized spacial score (nSPS) is 12.3. The van der Waals surface area contributed by atoms with Crippen molar-refractivity contribution < 1.29 is 9.90 Å². The van der Waals surface area contributed by atoms with Gasteiger partial charge < -0.3 is 5.11 Å². The van der Waals surface area contributed by atoms with Gasteiger partial charge in [0.15, 0.2) is 0 Å². The molecule has 0 fully saturated rings. The SMILES string of the molecule is CN(Cc1ccccc1)[C@H](Cc1ccccc1)C(=O)O. The second kappa shape index (κ2) is 6.87. The van der Waals surface area contributed by atoms with Gasteiger partial charge in [0.2, 0.25) is 0 Å². The van der Waals surface area contributed by atoms with Crippen LogP contribution in [0.5, 0.6) is 0 Å². The molecule has 0 radical (unpaired) electrons. The first kappa shape index (κ1) is 14.3. The van der Waals surface area contributed by atoms with Gasteiger partial charge in [0.05, 0.1) is 0 Å². The van der Waals surface area contributed by atoms with Crippen LogP contribution in [0.1, 0.15) is 11.1 Å². The van der Waals surface area contributed by atoms with E-state index in [-0.39, 0.29) is 0 Å². The first-order chi connectivity index (χ1) is 9.66. The number of rotatable bonds is 6. The largest absolute Gasteiger partial charge is 0.480 e. The van der Waals surface area contributed by atoms with Gasteiger partial charge in [0.25, 0.3) is 0 Å². The maximum absolute atomic E-state index is 11.5. The standard InChI is InChI=1S/C17H19NO2/c1-18(13-15-10-6-3-7-11-15)16(17(19)20)12-14-8-4-2-5-9-14/h2-11,16H,12-13H2,1H3,(H,19,20)/t16-/m1/s1. The lowest BCUT2D eigenvalue weighted by Gasteiger charge is -2.24. The van der Waals surface area contributed by atoms with Gasteiger partial charge in [-0.15, -0.1) is 0 Å². The van der Waals surface area contributed by atoms with E-state index in [1.54, 1.807) is 0 Å². The van der Waals surface area contributed by atoms with Crippen LogP contribution in [-0.2, 0) is 17.8 Å². The topological polar surface area (TPSA) is 40.5 Å². The quantitative estimate of drug-likeness (QED) is 0.876. The van der Waals surface area contributed by atoms with Crippen molar-refractivity contribution in [2.45, 2.75) is 19.0 Å². The molecule has 20 heavy (non-hydrogen) atoms. The van der Waals surface area contributed by atoms with Gasteiger partial charge in [-0.05, 0) is 24.6 Å². The molecule has 104 valence electrons. The minimum absolute atomic E-state index is 0.513. The molecule has 0 amide bonds. The molecule has 0 aliphatic carbocycles. The Morgan fingerprint density at radius 2 is 1.50 bits per heavy atom. The Kier molecular flexibility index (Phi) is 4.91. The summed E-state index contributed by atoms with van der Waals surface area (Å²) in [5, 5.41) is 9.44. The van der Waals surface area contributed by atoms with E-state index in [0.717, 1.165) is 11.1 Å². The molecule has 2 rings (SSSR count). The fraction of sp³-hybridized carbons (Fsp3) is 0.235.